The molecule has 1 aromatic carbocycles. The van der Waals surface area contributed by atoms with Crippen LogP contribution in [0.2, 0.25) is 0 Å². The lowest BCUT2D eigenvalue weighted by atomic mass is 9.96. The van der Waals surface area contributed by atoms with E-state index in [1.807, 2.05) is 6.92 Å². The van der Waals surface area contributed by atoms with E-state index in [0.29, 0.717) is 6.54 Å². The lowest BCUT2D eigenvalue weighted by Gasteiger charge is -2.30. The topological polar surface area (TPSA) is 101 Å². The highest BCUT2D eigenvalue weighted by Gasteiger charge is 2.29. The van der Waals surface area contributed by atoms with Gasteiger partial charge >= 0.3 is 0 Å². The summed E-state index contributed by atoms with van der Waals surface area (Å²) >= 11 is 0. The van der Waals surface area contributed by atoms with Gasteiger partial charge in [-0.2, -0.15) is 0 Å². The fourth-order valence-corrected chi connectivity index (χ4v) is 4.11. The Labute approximate surface area is 123 Å². The van der Waals surface area contributed by atoms with Crippen molar-refractivity contribution in [1.82, 2.24) is 10.0 Å². The minimum atomic E-state index is -3.77. The van der Waals surface area contributed by atoms with E-state index < -0.39 is 14.9 Å². The predicted molar refractivity (Wildman–Crippen MR) is 78.6 cm³/mol. The minimum Gasteiger partial charge on any atom is -0.315 e. The van der Waals surface area contributed by atoms with Crippen molar-refractivity contribution in [3.05, 3.63) is 33.9 Å². The first-order valence-electron chi connectivity index (χ1n) is 6.80. The van der Waals surface area contributed by atoms with Gasteiger partial charge in [-0.05, 0) is 31.9 Å². The first-order chi connectivity index (χ1) is 9.83. The number of benzene rings is 1. The van der Waals surface area contributed by atoms with Crippen molar-refractivity contribution in [3.63, 3.8) is 0 Å². The number of nitrogens with one attached hydrogen (secondary N) is 2. The van der Waals surface area contributed by atoms with E-state index >= 15 is 0 Å². The van der Waals surface area contributed by atoms with Gasteiger partial charge in [-0.1, -0.05) is 13.0 Å². The van der Waals surface area contributed by atoms with E-state index in [-0.39, 0.29) is 28.1 Å². The third-order valence-electron chi connectivity index (χ3n) is 3.88. The molecule has 2 rings (SSSR count). The Bertz CT molecular complexity index is 645. The van der Waals surface area contributed by atoms with Crippen LogP contribution in [-0.4, -0.2) is 32.5 Å². The van der Waals surface area contributed by atoms with E-state index in [9.17, 15) is 18.5 Å². The maximum atomic E-state index is 12.5. The molecule has 0 bridgehead atoms. The van der Waals surface area contributed by atoms with Crippen molar-refractivity contribution in [1.29, 1.82) is 0 Å². The van der Waals surface area contributed by atoms with Gasteiger partial charge in [0.1, 0.15) is 0 Å². The van der Waals surface area contributed by atoms with Crippen LogP contribution in [0.25, 0.3) is 0 Å². The zero-order valence-electron chi connectivity index (χ0n) is 12.0. The van der Waals surface area contributed by atoms with Crippen LogP contribution >= 0.6 is 0 Å². The summed E-state index contributed by atoms with van der Waals surface area (Å²) in [5.74, 6) is 0.222. The highest BCUT2D eigenvalue weighted by molar-refractivity contribution is 7.89. The maximum absolute atomic E-state index is 12.5. The Balaban J connectivity index is 2.31. The largest absolute Gasteiger partial charge is 0.315 e. The number of rotatable bonds is 4. The summed E-state index contributed by atoms with van der Waals surface area (Å²) < 4.78 is 27.6. The number of nitro groups is 1. The fraction of sp³-hybridized carbons (Fsp3) is 0.538. The normalized spacial score (nSPS) is 23.0. The average Bonchev–Trinajstić information content (AvgIpc) is 2.41. The smallest absolute Gasteiger partial charge is 0.273 e. The van der Waals surface area contributed by atoms with Crippen LogP contribution in [0, 0.1) is 23.0 Å². The van der Waals surface area contributed by atoms with Gasteiger partial charge in [0, 0.05) is 24.2 Å². The van der Waals surface area contributed by atoms with Gasteiger partial charge in [0.2, 0.25) is 10.0 Å². The molecule has 0 amide bonds. The van der Waals surface area contributed by atoms with Gasteiger partial charge in [-0.3, -0.25) is 10.1 Å². The van der Waals surface area contributed by atoms with Crippen LogP contribution in [0.5, 0.6) is 0 Å². The number of piperidine rings is 1. The molecule has 2 N–H and O–H groups in total. The van der Waals surface area contributed by atoms with Crippen molar-refractivity contribution in [2.45, 2.75) is 31.2 Å². The highest BCUT2D eigenvalue weighted by Crippen LogP contribution is 2.25. The third kappa shape index (κ3) is 3.39. The Hall–Kier alpha value is -1.51. The van der Waals surface area contributed by atoms with Gasteiger partial charge in [-0.15, -0.1) is 0 Å². The number of hydrogen-bond donors (Lipinski definition) is 2. The quantitative estimate of drug-likeness (QED) is 0.642. The number of nitro benzene ring substituents is 1. The molecule has 7 nitrogen and oxygen atoms in total. The molecule has 0 aliphatic carbocycles. The molecule has 116 valence electrons. The summed E-state index contributed by atoms with van der Waals surface area (Å²) in [5, 5.41) is 14.1. The van der Waals surface area contributed by atoms with Crippen LogP contribution < -0.4 is 10.0 Å². The van der Waals surface area contributed by atoms with Crippen molar-refractivity contribution < 1.29 is 13.3 Å². The SMILES string of the molecule is Cc1c([N+](=O)[O-])cccc1S(=O)(=O)NC1CNCCC1C. The second-order valence-corrected chi connectivity index (χ2v) is 7.04. The molecule has 0 radical (unpaired) electrons. The highest BCUT2D eigenvalue weighted by atomic mass is 32.2. The molecule has 1 aromatic rings. The van der Waals surface area contributed by atoms with Crippen molar-refractivity contribution >= 4 is 15.7 Å². The van der Waals surface area contributed by atoms with Gasteiger partial charge in [-0.25, -0.2) is 13.1 Å². The van der Waals surface area contributed by atoms with Gasteiger partial charge < -0.3 is 5.32 Å². The standard InChI is InChI=1S/C13H19N3O4S/c1-9-6-7-14-8-11(9)15-21(19,20)13-5-3-4-12(10(13)2)16(17)18/h3-5,9,11,14-15H,6-8H2,1-2H3. The van der Waals surface area contributed by atoms with Gasteiger partial charge in [0.15, 0.2) is 0 Å². The average molecular weight is 313 g/mol. The van der Waals surface area contributed by atoms with Crippen LogP contribution in [0.3, 0.4) is 0 Å². The second-order valence-electron chi connectivity index (χ2n) is 5.36. The van der Waals surface area contributed by atoms with Crippen LogP contribution in [0.15, 0.2) is 23.1 Å². The second kappa shape index (κ2) is 6.08. The molecule has 1 aliphatic heterocycles. The molecule has 2 unspecified atom stereocenters. The van der Waals surface area contributed by atoms with E-state index in [4.69, 9.17) is 0 Å². The first kappa shape index (κ1) is 15.9. The fourth-order valence-electron chi connectivity index (χ4n) is 2.50. The van der Waals surface area contributed by atoms with E-state index in [1.54, 1.807) is 0 Å². The van der Waals surface area contributed by atoms with Crippen LogP contribution in [-0.2, 0) is 10.0 Å². The summed E-state index contributed by atoms with van der Waals surface area (Å²) in [7, 11) is -3.77. The number of nitrogens with zero attached hydrogens (tertiary/aromatic N) is 1. The molecule has 1 saturated heterocycles. The molecule has 21 heavy (non-hydrogen) atoms. The Morgan fingerprint density at radius 3 is 2.76 bits per heavy atom. The third-order valence-corrected chi connectivity index (χ3v) is 5.51. The Kier molecular flexibility index (Phi) is 4.60. The summed E-state index contributed by atoms with van der Waals surface area (Å²) in [6.07, 6.45) is 0.890. The summed E-state index contributed by atoms with van der Waals surface area (Å²) in [6, 6.07) is 3.88. The summed E-state index contributed by atoms with van der Waals surface area (Å²) in [6.45, 7) is 4.88. The molecule has 0 aromatic heterocycles. The number of hydrogen-bond acceptors (Lipinski definition) is 5. The van der Waals surface area contributed by atoms with Crippen molar-refractivity contribution in [3.8, 4) is 0 Å². The Morgan fingerprint density at radius 2 is 2.14 bits per heavy atom. The molecule has 2 atom stereocenters. The lowest BCUT2D eigenvalue weighted by Crippen LogP contribution is -2.50. The zero-order chi connectivity index (χ0) is 15.6. The van der Waals surface area contributed by atoms with E-state index in [0.717, 1.165) is 13.0 Å². The molecular formula is C13H19N3O4S. The molecule has 0 spiro atoms. The number of sulfonamides is 1. The monoisotopic (exact) mass is 313 g/mol. The first-order valence-corrected chi connectivity index (χ1v) is 8.28. The molecular weight excluding hydrogens is 294 g/mol. The molecule has 1 aliphatic rings. The maximum Gasteiger partial charge on any atom is 0.273 e. The van der Waals surface area contributed by atoms with Gasteiger partial charge in [0.05, 0.1) is 9.82 Å². The van der Waals surface area contributed by atoms with E-state index in [1.165, 1.54) is 25.1 Å². The molecule has 1 fully saturated rings. The molecule has 0 saturated carbocycles. The van der Waals surface area contributed by atoms with Crippen LogP contribution in [0.4, 0.5) is 5.69 Å². The zero-order valence-corrected chi connectivity index (χ0v) is 12.8. The Morgan fingerprint density at radius 1 is 1.43 bits per heavy atom. The van der Waals surface area contributed by atoms with E-state index in [2.05, 4.69) is 10.0 Å². The summed E-state index contributed by atoms with van der Waals surface area (Å²) in [4.78, 5) is 10.3. The minimum absolute atomic E-state index is 0.0329. The summed E-state index contributed by atoms with van der Waals surface area (Å²) in [5.41, 5.74) is -0.0286. The molecule has 8 heteroatoms. The molecule has 1 heterocycles. The van der Waals surface area contributed by atoms with Crippen molar-refractivity contribution in [2.24, 2.45) is 5.92 Å². The predicted octanol–water partition coefficient (Wildman–Crippen LogP) is 1.18. The van der Waals surface area contributed by atoms with Crippen LogP contribution in [0.1, 0.15) is 18.9 Å². The van der Waals surface area contributed by atoms with Gasteiger partial charge in [0.25, 0.3) is 5.69 Å². The lowest BCUT2D eigenvalue weighted by molar-refractivity contribution is -0.385. The van der Waals surface area contributed by atoms with Crippen molar-refractivity contribution in [2.75, 3.05) is 13.1 Å².